The standard InChI is InChI=1S/C25H32N4O5S/c1-5-28(6-2)19-9-11-21(17(3)14-19)26-24(30)18-8-7-13-29(16-18)35(32,33)20-10-12-22-23(15-20)34-25(31)27(22)4/h9-12,14-15,18H,5-8,13,16H2,1-4H3,(H,26,30)/t18-/m0/s1. The molecule has 1 amide bonds. The number of sulfonamides is 1. The van der Waals surface area contributed by atoms with E-state index in [9.17, 15) is 18.0 Å². The second-order valence-corrected chi connectivity index (χ2v) is 10.9. The summed E-state index contributed by atoms with van der Waals surface area (Å²) in [5, 5.41) is 3.00. The average Bonchev–Trinajstić information content (AvgIpc) is 3.14. The first-order chi connectivity index (χ1) is 16.6. The van der Waals surface area contributed by atoms with Gasteiger partial charge in [-0.2, -0.15) is 4.31 Å². The molecule has 0 saturated carbocycles. The van der Waals surface area contributed by atoms with E-state index in [0.29, 0.717) is 24.9 Å². The second kappa shape index (κ2) is 9.87. The van der Waals surface area contributed by atoms with Gasteiger partial charge in [-0.3, -0.25) is 9.36 Å². The van der Waals surface area contributed by atoms with E-state index < -0.39 is 21.7 Å². The van der Waals surface area contributed by atoms with Gasteiger partial charge in [0, 0.05) is 50.7 Å². The van der Waals surface area contributed by atoms with Crippen LogP contribution in [0, 0.1) is 12.8 Å². The Morgan fingerprint density at radius 1 is 1.17 bits per heavy atom. The molecule has 0 radical (unpaired) electrons. The number of benzene rings is 2. The molecule has 0 aliphatic carbocycles. The van der Waals surface area contributed by atoms with Crippen LogP contribution in [-0.2, 0) is 21.9 Å². The van der Waals surface area contributed by atoms with Crippen molar-refractivity contribution in [1.82, 2.24) is 8.87 Å². The van der Waals surface area contributed by atoms with Crippen molar-refractivity contribution in [3.05, 3.63) is 52.5 Å². The molecular formula is C25H32N4O5S. The SMILES string of the molecule is CCN(CC)c1ccc(NC(=O)[C@H]2CCCN(S(=O)(=O)c3ccc4c(c3)oc(=O)n4C)C2)c(C)c1. The van der Waals surface area contributed by atoms with Gasteiger partial charge >= 0.3 is 5.76 Å². The summed E-state index contributed by atoms with van der Waals surface area (Å²) in [7, 11) is -2.28. The van der Waals surface area contributed by atoms with Crippen LogP contribution >= 0.6 is 0 Å². The van der Waals surface area contributed by atoms with Gasteiger partial charge in [-0.05, 0) is 69.5 Å². The van der Waals surface area contributed by atoms with E-state index in [4.69, 9.17) is 4.42 Å². The molecule has 1 saturated heterocycles. The van der Waals surface area contributed by atoms with Crippen LogP contribution in [0.1, 0.15) is 32.3 Å². The number of hydrogen-bond acceptors (Lipinski definition) is 6. The maximum atomic E-state index is 13.3. The van der Waals surface area contributed by atoms with E-state index >= 15 is 0 Å². The maximum absolute atomic E-state index is 13.3. The zero-order chi connectivity index (χ0) is 25.3. The topological polar surface area (TPSA) is 105 Å². The molecule has 4 rings (SSSR count). The number of rotatable bonds is 7. The number of amides is 1. The zero-order valence-electron chi connectivity index (χ0n) is 20.6. The van der Waals surface area contributed by atoms with Crippen LogP contribution in [0.5, 0.6) is 0 Å². The van der Waals surface area contributed by atoms with Crippen molar-refractivity contribution < 1.29 is 17.6 Å². The molecule has 0 unspecified atom stereocenters. The number of hydrogen-bond donors (Lipinski definition) is 1. The third-order valence-electron chi connectivity index (χ3n) is 6.75. The molecule has 3 aromatic rings. The number of aromatic nitrogens is 1. The third kappa shape index (κ3) is 4.85. The Balaban J connectivity index is 1.49. The highest BCUT2D eigenvalue weighted by atomic mass is 32.2. The fourth-order valence-corrected chi connectivity index (χ4v) is 6.15. The van der Waals surface area contributed by atoms with Gasteiger partial charge in [0.2, 0.25) is 15.9 Å². The number of aryl methyl sites for hydroxylation is 2. The molecule has 35 heavy (non-hydrogen) atoms. The molecule has 2 aromatic carbocycles. The summed E-state index contributed by atoms with van der Waals surface area (Å²) in [5.74, 6) is -1.20. The van der Waals surface area contributed by atoms with Gasteiger partial charge in [0.15, 0.2) is 5.58 Å². The van der Waals surface area contributed by atoms with E-state index in [1.807, 2.05) is 19.1 Å². The molecule has 1 aromatic heterocycles. The van der Waals surface area contributed by atoms with Crippen LogP contribution in [-0.4, -0.2) is 49.4 Å². The van der Waals surface area contributed by atoms with Crippen LogP contribution in [0.4, 0.5) is 11.4 Å². The Morgan fingerprint density at radius 3 is 2.60 bits per heavy atom. The Hall–Kier alpha value is -3.11. The largest absolute Gasteiger partial charge is 0.419 e. The van der Waals surface area contributed by atoms with Crippen molar-refractivity contribution in [2.75, 3.05) is 36.4 Å². The molecule has 1 aliphatic rings. The summed E-state index contributed by atoms with van der Waals surface area (Å²) < 4.78 is 34.5. The summed E-state index contributed by atoms with van der Waals surface area (Å²) in [5.41, 5.74) is 3.53. The van der Waals surface area contributed by atoms with Gasteiger partial charge in [-0.25, -0.2) is 13.2 Å². The summed E-state index contributed by atoms with van der Waals surface area (Å²) in [6, 6.07) is 10.4. The fraction of sp³-hybridized carbons (Fsp3) is 0.440. The van der Waals surface area contributed by atoms with Crippen LogP contribution in [0.15, 0.2) is 50.5 Å². The van der Waals surface area contributed by atoms with E-state index in [2.05, 4.69) is 30.1 Å². The lowest BCUT2D eigenvalue weighted by Gasteiger charge is -2.31. The first-order valence-corrected chi connectivity index (χ1v) is 13.4. The molecule has 1 aliphatic heterocycles. The Bertz CT molecular complexity index is 1400. The van der Waals surface area contributed by atoms with Crippen molar-refractivity contribution in [2.24, 2.45) is 13.0 Å². The van der Waals surface area contributed by atoms with Crippen LogP contribution < -0.4 is 16.0 Å². The summed E-state index contributed by atoms with van der Waals surface area (Å²) in [6.45, 7) is 8.39. The predicted molar refractivity (Wildman–Crippen MR) is 136 cm³/mol. The Labute approximate surface area is 205 Å². The van der Waals surface area contributed by atoms with Crippen molar-refractivity contribution in [2.45, 2.75) is 38.5 Å². The fourth-order valence-electron chi connectivity index (χ4n) is 4.61. The summed E-state index contributed by atoms with van der Waals surface area (Å²) >= 11 is 0. The Kier molecular flexibility index (Phi) is 7.05. The van der Waals surface area contributed by atoms with Gasteiger partial charge in [-0.15, -0.1) is 0 Å². The molecule has 188 valence electrons. The molecule has 1 N–H and O–H groups in total. The number of anilines is 2. The van der Waals surface area contributed by atoms with E-state index in [-0.39, 0.29) is 22.9 Å². The molecule has 0 bridgehead atoms. The zero-order valence-corrected chi connectivity index (χ0v) is 21.4. The molecule has 0 spiro atoms. The Morgan fingerprint density at radius 2 is 1.91 bits per heavy atom. The minimum atomic E-state index is -3.85. The number of nitrogens with one attached hydrogen (secondary N) is 1. The highest BCUT2D eigenvalue weighted by Gasteiger charge is 2.34. The van der Waals surface area contributed by atoms with Gasteiger partial charge < -0.3 is 14.6 Å². The van der Waals surface area contributed by atoms with Crippen molar-refractivity contribution >= 4 is 38.4 Å². The van der Waals surface area contributed by atoms with Crippen LogP contribution in [0.2, 0.25) is 0 Å². The van der Waals surface area contributed by atoms with Gasteiger partial charge in [0.1, 0.15) is 0 Å². The second-order valence-electron chi connectivity index (χ2n) is 8.92. The maximum Gasteiger partial charge on any atom is 0.419 e. The lowest BCUT2D eigenvalue weighted by molar-refractivity contribution is -0.120. The number of carbonyl (C=O) groups is 1. The van der Waals surface area contributed by atoms with Crippen molar-refractivity contribution in [3.8, 4) is 0 Å². The summed E-state index contributed by atoms with van der Waals surface area (Å²) in [6.07, 6.45) is 1.20. The smallest absolute Gasteiger partial charge is 0.408 e. The van der Waals surface area contributed by atoms with Gasteiger partial charge in [-0.1, -0.05) is 0 Å². The number of piperidine rings is 1. The summed E-state index contributed by atoms with van der Waals surface area (Å²) in [4.78, 5) is 27.1. The first kappa shape index (κ1) is 25.0. The normalized spacial score (nSPS) is 17.0. The minimum absolute atomic E-state index is 0.0447. The van der Waals surface area contributed by atoms with Crippen molar-refractivity contribution in [1.29, 1.82) is 0 Å². The van der Waals surface area contributed by atoms with E-state index in [1.165, 1.54) is 21.0 Å². The number of nitrogens with zero attached hydrogens (tertiary/aromatic N) is 3. The average molecular weight is 501 g/mol. The van der Waals surface area contributed by atoms with Gasteiger partial charge in [0.25, 0.3) is 0 Å². The number of fused-ring (bicyclic) bond motifs is 1. The third-order valence-corrected chi connectivity index (χ3v) is 8.61. The molecule has 9 nitrogen and oxygen atoms in total. The lowest BCUT2D eigenvalue weighted by Crippen LogP contribution is -2.43. The molecular weight excluding hydrogens is 468 g/mol. The number of carbonyl (C=O) groups excluding carboxylic acids is 1. The molecule has 10 heteroatoms. The van der Waals surface area contributed by atoms with Crippen LogP contribution in [0.25, 0.3) is 11.1 Å². The number of oxazole rings is 1. The quantitative estimate of drug-likeness (QED) is 0.534. The highest BCUT2D eigenvalue weighted by Crippen LogP contribution is 2.28. The van der Waals surface area contributed by atoms with E-state index in [1.54, 1.807) is 13.1 Å². The minimum Gasteiger partial charge on any atom is -0.408 e. The molecule has 2 heterocycles. The molecule has 1 atom stereocenters. The van der Waals surface area contributed by atoms with Crippen molar-refractivity contribution in [3.63, 3.8) is 0 Å². The highest BCUT2D eigenvalue weighted by molar-refractivity contribution is 7.89. The first-order valence-electron chi connectivity index (χ1n) is 11.9. The van der Waals surface area contributed by atoms with E-state index in [0.717, 1.165) is 30.0 Å². The molecule has 1 fully saturated rings. The van der Waals surface area contributed by atoms with Gasteiger partial charge in [0.05, 0.1) is 16.3 Å². The predicted octanol–water partition coefficient (Wildman–Crippen LogP) is 3.33. The monoisotopic (exact) mass is 500 g/mol. The lowest BCUT2D eigenvalue weighted by atomic mass is 9.98. The van der Waals surface area contributed by atoms with Crippen LogP contribution in [0.3, 0.4) is 0 Å².